The van der Waals surface area contributed by atoms with E-state index in [9.17, 15) is 14.4 Å². The summed E-state index contributed by atoms with van der Waals surface area (Å²) in [6.07, 6.45) is 3.35. The zero-order valence-corrected chi connectivity index (χ0v) is 21.6. The molecule has 0 spiro atoms. The number of esters is 3. The highest BCUT2D eigenvalue weighted by molar-refractivity contribution is 5.91. The van der Waals surface area contributed by atoms with Crippen LogP contribution in [0.3, 0.4) is 0 Å². The summed E-state index contributed by atoms with van der Waals surface area (Å²) in [5, 5.41) is 8.81. The van der Waals surface area contributed by atoms with Gasteiger partial charge in [0.05, 0.1) is 31.0 Å². The van der Waals surface area contributed by atoms with Crippen LogP contribution in [-0.4, -0.2) is 56.0 Å². The lowest BCUT2D eigenvalue weighted by Gasteiger charge is -2.09. The van der Waals surface area contributed by atoms with E-state index in [0.717, 1.165) is 25.7 Å². The van der Waals surface area contributed by atoms with Crippen LogP contribution in [0.1, 0.15) is 43.0 Å². The average Bonchev–Trinajstić information content (AvgIpc) is 2.92. The van der Waals surface area contributed by atoms with E-state index >= 15 is 0 Å². The number of aliphatic hydroxyl groups excluding tert-OH is 1. The molecule has 0 heterocycles. The molecule has 2 aromatic rings. The summed E-state index contributed by atoms with van der Waals surface area (Å²) >= 11 is 0. The monoisotopic (exact) mass is 526 g/mol. The molecule has 0 bridgehead atoms. The molecule has 9 nitrogen and oxygen atoms in total. The largest absolute Gasteiger partial charge is 0.494 e. The standard InChI is InChI=1S/C29H34O9/c1-21(2)27(31)37-19-18-35-25-12-14-26(15-13-25)38-29(33)23-8-10-24(11-9-23)34-16-6-4-5-7-17-36-28(32)22(3)20-30/h8-15,30H,1,3-7,16-20H2,2H3. The van der Waals surface area contributed by atoms with Gasteiger partial charge in [-0.1, -0.05) is 13.2 Å². The second-order valence-corrected chi connectivity index (χ2v) is 8.31. The predicted octanol–water partition coefficient (Wildman–Crippen LogP) is 4.43. The first-order chi connectivity index (χ1) is 18.3. The Kier molecular flexibility index (Phi) is 13.2. The van der Waals surface area contributed by atoms with Crippen molar-refractivity contribution in [3.8, 4) is 17.2 Å². The van der Waals surface area contributed by atoms with E-state index in [1.165, 1.54) is 0 Å². The van der Waals surface area contributed by atoms with E-state index in [2.05, 4.69) is 13.2 Å². The van der Waals surface area contributed by atoms with Gasteiger partial charge >= 0.3 is 17.9 Å². The Morgan fingerprint density at radius 3 is 1.82 bits per heavy atom. The van der Waals surface area contributed by atoms with Crippen molar-refractivity contribution in [3.63, 3.8) is 0 Å². The Bertz CT molecular complexity index is 1070. The van der Waals surface area contributed by atoms with Crippen molar-refractivity contribution >= 4 is 17.9 Å². The molecule has 0 aliphatic heterocycles. The van der Waals surface area contributed by atoms with Gasteiger partial charge in [0.15, 0.2) is 0 Å². The van der Waals surface area contributed by atoms with Gasteiger partial charge in [-0.3, -0.25) is 0 Å². The molecule has 0 aromatic heterocycles. The van der Waals surface area contributed by atoms with Crippen LogP contribution >= 0.6 is 0 Å². The summed E-state index contributed by atoms with van der Waals surface area (Å²) in [6.45, 7) is 9.20. The topological polar surface area (TPSA) is 118 Å². The van der Waals surface area contributed by atoms with Gasteiger partial charge in [-0.15, -0.1) is 0 Å². The number of ether oxygens (including phenoxy) is 5. The summed E-state index contributed by atoms with van der Waals surface area (Å²) in [4.78, 5) is 35.1. The quantitative estimate of drug-likeness (QED) is 0.138. The van der Waals surface area contributed by atoms with E-state index in [1.807, 2.05) is 0 Å². The number of aliphatic hydroxyl groups is 1. The van der Waals surface area contributed by atoms with Crippen LogP contribution in [0.4, 0.5) is 0 Å². The third-order valence-corrected chi connectivity index (χ3v) is 5.08. The number of carbonyl (C=O) groups excluding carboxylic acids is 3. The van der Waals surface area contributed by atoms with Crippen LogP contribution in [0.25, 0.3) is 0 Å². The molecule has 204 valence electrons. The summed E-state index contributed by atoms with van der Waals surface area (Å²) in [6, 6.07) is 13.2. The van der Waals surface area contributed by atoms with Gasteiger partial charge < -0.3 is 28.8 Å². The molecule has 0 saturated carbocycles. The van der Waals surface area contributed by atoms with E-state index in [0.29, 0.717) is 41.6 Å². The van der Waals surface area contributed by atoms with Crippen LogP contribution in [0.5, 0.6) is 17.2 Å². The van der Waals surface area contributed by atoms with Crippen molar-refractivity contribution in [2.45, 2.75) is 32.6 Å². The number of unbranched alkanes of at least 4 members (excludes halogenated alkanes) is 3. The van der Waals surface area contributed by atoms with Crippen LogP contribution < -0.4 is 14.2 Å². The molecule has 0 radical (unpaired) electrons. The van der Waals surface area contributed by atoms with Crippen LogP contribution in [-0.2, 0) is 19.1 Å². The van der Waals surface area contributed by atoms with Crippen molar-refractivity contribution in [1.29, 1.82) is 0 Å². The van der Waals surface area contributed by atoms with E-state index in [1.54, 1.807) is 55.5 Å². The molecule has 0 amide bonds. The second kappa shape index (κ2) is 16.6. The van der Waals surface area contributed by atoms with Gasteiger partial charge in [0.25, 0.3) is 0 Å². The Hall–Kier alpha value is -4.11. The molecule has 38 heavy (non-hydrogen) atoms. The lowest BCUT2D eigenvalue weighted by atomic mass is 10.2. The molecular formula is C29H34O9. The first-order valence-corrected chi connectivity index (χ1v) is 12.3. The molecule has 1 N–H and O–H groups in total. The summed E-state index contributed by atoms with van der Waals surface area (Å²) < 4.78 is 26.5. The van der Waals surface area contributed by atoms with Gasteiger partial charge in [0.1, 0.15) is 30.5 Å². The van der Waals surface area contributed by atoms with Crippen LogP contribution in [0.2, 0.25) is 0 Å². The molecule has 9 heteroatoms. The zero-order valence-electron chi connectivity index (χ0n) is 21.6. The lowest BCUT2D eigenvalue weighted by molar-refractivity contribution is -0.140. The fourth-order valence-electron chi connectivity index (χ4n) is 2.95. The first kappa shape index (κ1) is 30.1. The van der Waals surface area contributed by atoms with Crippen molar-refractivity contribution in [3.05, 3.63) is 78.4 Å². The maximum atomic E-state index is 12.4. The molecule has 2 rings (SSSR count). The Balaban J connectivity index is 1.63. The number of rotatable bonds is 17. The molecule has 0 atom stereocenters. The third kappa shape index (κ3) is 11.3. The number of benzene rings is 2. The van der Waals surface area contributed by atoms with Crippen molar-refractivity contribution < 1.29 is 43.2 Å². The maximum absolute atomic E-state index is 12.4. The van der Waals surface area contributed by atoms with Crippen LogP contribution in [0.15, 0.2) is 72.8 Å². The normalized spacial score (nSPS) is 10.3. The second-order valence-electron chi connectivity index (χ2n) is 8.31. The van der Waals surface area contributed by atoms with Gasteiger partial charge in [0, 0.05) is 5.57 Å². The number of hydrogen-bond donors (Lipinski definition) is 1. The molecule has 0 fully saturated rings. The van der Waals surface area contributed by atoms with Crippen molar-refractivity contribution in [2.75, 3.05) is 33.0 Å². The van der Waals surface area contributed by atoms with Crippen LogP contribution in [0, 0.1) is 0 Å². The summed E-state index contributed by atoms with van der Waals surface area (Å²) in [5.41, 5.74) is 0.762. The van der Waals surface area contributed by atoms with Crippen molar-refractivity contribution in [2.24, 2.45) is 0 Å². The third-order valence-electron chi connectivity index (χ3n) is 5.08. The fraction of sp³-hybridized carbons (Fsp3) is 0.345. The molecule has 0 unspecified atom stereocenters. The molecule has 0 saturated heterocycles. The van der Waals surface area contributed by atoms with E-state index < -0.39 is 24.5 Å². The Labute approximate surface area is 222 Å². The van der Waals surface area contributed by atoms with Crippen molar-refractivity contribution in [1.82, 2.24) is 0 Å². The number of carbonyl (C=O) groups is 3. The highest BCUT2D eigenvalue weighted by atomic mass is 16.6. The zero-order chi connectivity index (χ0) is 27.8. The van der Waals surface area contributed by atoms with Gasteiger partial charge in [-0.25, -0.2) is 14.4 Å². The first-order valence-electron chi connectivity index (χ1n) is 12.3. The molecule has 0 aliphatic carbocycles. The highest BCUT2D eigenvalue weighted by Gasteiger charge is 2.10. The molecule has 2 aromatic carbocycles. The van der Waals surface area contributed by atoms with E-state index in [-0.39, 0.29) is 18.8 Å². The average molecular weight is 527 g/mol. The fourth-order valence-corrected chi connectivity index (χ4v) is 2.95. The minimum absolute atomic E-state index is 0.0513. The minimum atomic E-state index is -0.567. The maximum Gasteiger partial charge on any atom is 0.343 e. The summed E-state index contributed by atoms with van der Waals surface area (Å²) in [7, 11) is 0. The van der Waals surface area contributed by atoms with Gasteiger partial charge in [-0.2, -0.15) is 0 Å². The number of hydrogen-bond acceptors (Lipinski definition) is 9. The molecule has 0 aliphatic rings. The minimum Gasteiger partial charge on any atom is -0.494 e. The molecular weight excluding hydrogens is 492 g/mol. The van der Waals surface area contributed by atoms with E-state index in [4.69, 9.17) is 28.8 Å². The predicted molar refractivity (Wildman–Crippen MR) is 140 cm³/mol. The van der Waals surface area contributed by atoms with Gasteiger partial charge in [-0.05, 0) is 81.1 Å². The summed E-state index contributed by atoms with van der Waals surface area (Å²) in [5.74, 6) is 0.0268. The lowest BCUT2D eigenvalue weighted by Crippen LogP contribution is -2.12. The smallest absolute Gasteiger partial charge is 0.343 e. The van der Waals surface area contributed by atoms with Gasteiger partial charge in [0.2, 0.25) is 0 Å². The Morgan fingerprint density at radius 1 is 0.684 bits per heavy atom. The SMILES string of the molecule is C=C(C)C(=O)OCCOc1ccc(OC(=O)c2ccc(OCCCCCCOC(=O)C(=C)CO)cc2)cc1. The highest BCUT2D eigenvalue weighted by Crippen LogP contribution is 2.20. The Morgan fingerprint density at radius 2 is 1.21 bits per heavy atom.